The van der Waals surface area contributed by atoms with E-state index in [2.05, 4.69) is 40.6 Å². The SMILES string of the molecule is Cc1csc2c(NC(C)c3cccc(N)c3)ncnc12. The number of thiophene rings is 1. The van der Waals surface area contributed by atoms with E-state index in [0.717, 1.165) is 27.3 Å². The molecule has 0 aliphatic carbocycles. The van der Waals surface area contributed by atoms with Crippen LogP contribution < -0.4 is 11.1 Å². The van der Waals surface area contributed by atoms with E-state index in [4.69, 9.17) is 5.73 Å². The molecule has 0 radical (unpaired) electrons. The minimum atomic E-state index is 0.138. The van der Waals surface area contributed by atoms with Crippen LogP contribution in [-0.2, 0) is 0 Å². The number of benzene rings is 1. The molecule has 3 rings (SSSR count). The van der Waals surface area contributed by atoms with Crippen molar-refractivity contribution in [2.24, 2.45) is 0 Å². The Morgan fingerprint density at radius 2 is 2.15 bits per heavy atom. The normalized spacial score (nSPS) is 12.5. The summed E-state index contributed by atoms with van der Waals surface area (Å²) in [6, 6.07) is 8.04. The van der Waals surface area contributed by atoms with Crippen LogP contribution in [0.15, 0.2) is 36.0 Å². The van der Waals surface area contributed by atoms with Crippen LogP contribution in [0.5, 0.6) is 0 Å². The average molecular weight is 284 g/mol. The van der Waals surface area contributed by atoms with Crippen LogP contribution in [0, 0.1) is 6.92 Å². The summed E-state index contributed by atoms with van der Waals surface area (Å²) >= 11 is 1.67. The van der Waals surface area contributed by atoms with E-state index < -0.39 is 0 Å². The molecule has 1 unspecified atom stereocenters. The second kappa shape index (κ2) is 5.09. The Balaban J connectivity index is 1.93. The summed E-state index contributed by atoms with van der Waals surface area (Å²) in [5, 5.41) is 5.55. The second-order valence-electron chi connectivity index (χ2n) is 4.85. The Labute approximate surface area is 121 Å². The number of rotatable bonds is 3. The Hall–Kier alpha value is -2.14. The highest BCUT2D eigenvalue weighted by Crippen LogP contribution is 2.30. The first-order chi connectivity index (χ1) is 9.65. The summed E-state index contributed by atoms with van der Waals surface area (Å²) in [5.41, 5.74) is 9.96. The van der Waals surface area contributed by atoms with Gasteiger partial charge in [0.25, 0.3) is 0 Å². The maximum Gasteiger partial charge on any atom is 0.147 e. The lowest BCUT2D eigenvalue weighted by atomic mass is 10.1. The van der Waals surface area contributed by atoms with Crippen LogP contribution in [0.2, 0.25) is 0 Å². The van der Waals surface area contributed by atoms with Crippen LogP contribution in [0.1, 0.15) is 24.1 Å². The van der Waals surface area contributed by atoms with Gasteiger partial charge in [-0.2, -0.15) is 0 Å². The Morgan fingerprint density at radius 3 is 2.95 bits per heavy atom. The minimum absolute atomic E-state index is 0.138. The maximum atomic E-state index is 5.83. The van der Waals surface area contributed by atoms with Crippen molar-refractivity contribution < 1.29 is 0 Å². The number of aryl methyl sites for hydroxylation is 1. The van der Waals surface area contributed by atoms with Gasteiger partial charge in [0, 0.05) is 5.69 Å². The van der Waals surface area contributed by atoms with E-state index in [0.29, 0.717) is 0 Å². The number of hydrogen-bond donors (Lipinski definition) is 2. The molecule has 0 saturated heterocycles. The number of fused-ring (bicyclic) bond motifs is 1. The molecular weight excluding hydrogens is 268 g/mol. The fourth-order valence-electron chi connectivity index (χ4n) is 2.19. The van der Waals surface area contributed by atoms with E-state index in [9.17, 15) is 0 Å². The van der Waals surface area contributed by atoms with Gasteiger partial charge < -0.3 is 11.1 Å². The molecule has 0 aliphatic rings. The zero-order chi connectivity index (χ0) is 14.1. The van der Waals surface area contributed by atoms with Crippen LogP contribution in [0.3, 0.4) is 0 Å². The molecule has 0 saturated carbocycles. The van der Waals surface area contributed by atoms with Gasteiger partial charge in [0.2, 0.25) is 0 Å². The van der Waals surface area contributed by atoms with Gasteiger partial charge in [-0.15, -0.1) is 11.3 Å². The largest absolute Gasteiger partial charge is 0.399 e. The van der Waals surface area contributed by atoms with Gasteiger partial charge in [0.15, 0.2) is 0 Å². The Bertz CT molecular complexity index is 750. The zero-order valence-electron chi connectivity index (χ0n) is 11.4. The lowest BCUT2D eigenvalue weighted by Crippen LogP contribution is -2.08. The van der Waals surface area contributed by atoms with Gasteiger partial charge in [-0.3, -0.25) is 0 Å². The van der Waals surface area contributed by atoms with E-state index in [1.165, 1.54) is 5.56 Å². The monoisotopic (exact) mass is 284 g/mol. The van der Waals surface area contributed by atoms with Crippen molar-refractivity contribution in [1.82, 2.24) is 9.97 Å². The molecule has 2 heterocycles. The fraction of sp³-hybridized carbons (Fsp3) is 0.200. The molecule has 1 atom stereocenters. The van der Waals surface area contributed by atoms with Crippen molar-refractivity contribution in [3.63, 3.8) is 0 Å². The number of nitrogens with two attached hydrogens (primary N) is 1. The molecule has 0 aliphatic heterocycles. The van der Waals surface area contributed by atoms with Gasteiger partial charge in [-0.1, -0.05) is 12.1 Å². The predicted octanol–water partition coefficient (Wildman–Crippen LogP) is 3.76. The molecule has 1 aromatic carbocycles. The average Bonchev–Trinajstić information content (AvgIpc) is 2.82. The van der Waals surface area contributed by atoms with Crippen molar-refractivity contribution in [3.8, 4) is 0 Å². The second-order valence-corrected chi connectivity index (χ2v) is 5.73. The molecule has 4 nitrogen and oxygen atoms in total. The van der Waals surface area contributed by atoms with Crippen molar-refractivity contribution in [3.05, 3.63) is 47.1 Å². The van der Waals surface area contributed by atoms with Crippen molar-refractivity contribution in [2.75, 3.05) is 11.1 Å². The third-order valence-corrected chi connectivity index (χ3v) is 4.39. The van der Waals surface area contributed by atoms with Gasteiger partial charge in [-0.05, 0) is 42.5 Å². The van der Waals surface area contributed by atoms with Crippen LogP contribution in [0.25, 0.3) is 10.2 Å². The number of anilines is 2. The highest BCUT2D eigenvalue weighted by Gasteiger charge is 2.11. The Kier molecular flexibility index (Phi) is 3.28. The highest BCUT2D eigenvalue weighted by molar-refractivity contribution is 7.18. The summed E-state index contributed by atoms with van der Waals surface area (Å²) < 4.78 is 1.10. The molecule has 0 bridgehead atoms. The number of nitrogen functional groups attached to an aromatic ring is 1. The molecule has 102 valence electrons. The topological polar surface area (TPSA) is 63.8 Å². The molecule has 2 aromatic heterocycles. The third-order valence-electron chi connectivity index (χ3n) is 3.29. The summed E-state index contributed by atoms with van der Waals surface area (Å²) in [4.78, 5) is 8.70. The molecule has 0 amide bonds. The smallest absolute Gasteiger partial charge is 0.147 e. The molecule has 5 heteroatoms. The van der Waals surface area contributed by atoms with Gasteiger partial charge in [0.05, 0.1) is 16.3 Å². The summed E-state index contributed by atoms with van der Waals surface area (Å²) in [5.74, 6) is 0.878. The van der Waals surface area contributed by atoms with Crippen LogP contribution >= 0.6 is 11.3 Å². The summed E-state index contributed by atoms with van der Waals surface area (Å²) in [7, 11) is 0. The van der Waals surface area contributed by atoms with Gasteiger partial charge in [-0.25, -0.2) is 9.97 Å². The number of nitrogens with one attached hydrogen (secondary N) is 1. The Morgan fingerprint density at radius 1 is 1.30 bits per heavy atom. The summed E-state index contributed by atoms with van der Waals surface area (Å²) in [6.07, 6.45) is 1.61. The minimum Gasteiger partial charge on any atom is -0.399 e. The molecular formula is C15H16N4S. The summed E-state index contributed by atoms with van der Waals surface area (Å²) in [6.45, 7) is 4.17. The molecule has 20 heavy (non-hydrogen) atoms. The fourth-order valence-corrected chi connectivity index (χ4v) is 3.14. The van der Waals surface area contributed by atoms with E-state index in [-0.39, 0.29) is 6.04 Å². The molecule has 0 spiro atoms. The molecule has 3 N–H and O–H groups in total. The van der Waals surface area contributed by atoms with Gasteiger partial charge >= 0.3 is 0 Å². The lowest BCUT2D eigenvalue weighted by Gasteiger charge is -2.15. The first kappa shape index (κ1) is 12.9. The third kappa shape index (κ3) is 2.32. The molecule has 3 aromatic rings. The first-order valence-corrected chi connectivity index (χ1v) is 7.34. The van der Waals surface area contributed by atoms with Crippen LogP contribution in [0.4, 0.5) is 11.5 Å². The number of hydrogen-bond acceptors (Lipinski definition) is 5. The zero-order valence-corrected chi connectivity index (χ0v) is 12.2. The predicted molar refractivity (Wildman–Crippen MR) is 85.0 cm³/mol. The first-order valence-electron chi connectivity index (χ1n) is 6.46. The van der Waals surface area contributed by atoms with Crippen LogP contribution in [-0.4, -0.2) is 9.97 Å². The van der Waals surface area contributed by atoms with E-state index in [1.54, 1.807) is 17.7 Å². The maximum absolute atomic E-state index is 5.83. The number of aromatic nitrogens is 2. The number of nitrogens with zero attached hydrogens (tertiary/aromatic N) is 2. The van der Waals surface area contributed by atoms with Gasteiger partial charge in [0.1, 0.15) is 12.1 Å². The van der Waals surface area contributed by atoms with E-state index in [1.807, 2.05) is 18.2 Å². The van der Waals surface area contributed by atoms with Crippen molar-refractivity contribution in [2.45, 2.75) is 19.9 Å². The highest BCUT2D eigenvalue weighted by atomic mass is 32.1. The molecule has 0 fully saturated rings. The van der Waals surface area contributed by atoms with E-state index >= 15 is 0 Å². The van der Waals surface area contributed by atoms with Crippen molar-refractivity contribution >= 4 is 33.1 Å². The van der Waals surface area contributed by atoms with Crippen molar-refractivity contribution in [1.29, 1.82) is 0 Å². The lowest BCUT2D eigenvalue weighted by molar-refractivity contribution is 0.877. The standard InChI is InChI=1S/C15H16N4S/c1-9-7-20-14-13(9)17-8-18-15(14)19-10(2)11-4-3-5-12(16)6-11/h3-8,10H,16H2,1-2H3,(H,17,18,19). The quantitative estimate of drug-likeness (QED) is 0.719.